The smallest absolute Gasteiger partial charge is 0.261 e. The average Bonchev–Trinajstić information content (AvgIpc) is 2.77. The number of amidine groups is 1. The summed E-state index contributed by atoms with van der Waals surface area (Å²) in [5, 5.41) is 15.7. The van der Waals surface area contributed by atoms with Crippen molar-refractivity contribution in [3.8, 4) is 0 Å². The van der Waals surface area contributed by atoms with E-state index in [4.69, 9.17) is 10.9 Å². The van der Waals surface area contributed by atoms with Crippen LogP contribution in [0.3, 0.4) is 0 Å². The maximum absolute atomic E-state index is 11.4. The zero-order valence-corrected chi connectivity index (χ0v) is 8.96. The van der Waals surface area contributed by atoms with E-state index in [1.807, 2.05) is 11.4 Å². The summed E-state index contributed by atoms with van der Waals surface area (Å²) in [5.41, 5.74) is 5.27. The molecule has 0 aliphatic rings. The van der Waals surface area contributed by atoms with E-state index in [-0.39, 0.29) is 11.7 Å². The number of amides is 1. The molecule has 1 amide bonds. The maximum atomic E-state index is 11.4. The molecule has 0 fully saturated rings. The van der Waals surface area contributed by atoms with Crippen LogP contribution in [0.1, 0.15) is 22.5 Å². The topological polar surface area (TPSA) is 87.7 Å². The number of oxime groups is 1. The van der Waals surface area contributed by atoms with Gasteiger partial charge in [-0.1, -0.05) is 11.2 Å². The molecule has 0 aliphatic carbocycles. The number of rotatable bonds is 5. The van der Waals surface area contributed by atoms with Crippen molar-refractivity contribution in [2.45, 2.75) is 12.8 Å². The number of carbonyl (C=O) groups excluding carboxylic acids is 1. The molecule has 0 saturated heterocycles. The van der Waals surface area contributed by atoms with Crippen LogP contribution in [0.2, 0.25) is 0 Å². The Bertz CT molecular complexity index is 335. The van der Waals surface area contributed by atoms with Crippen LogP contribution in [0, 0.1) is 0 Å². The number of nitrogens with two attached hydrogens (primary N) is 1. The summed E-state index contributed by atoms with van der Waals surface area (Å²) in [7, 11) is 0. The quantitative estimate of drug-likeness (QED) is 0.230. The van der Waals surface area contributed by atoms with E-state index in [1.54, 1.807) is 6.07 Å². The summed E-state index contributed by atoms with van der Waals surface area (Å²) in [6.45, 7) is 0.521. The molecule has 0 aromatic carbocycles. The van der Waals surface area contributed by atoms with E-state index in [0.29, 0.717) is 24.3 Å². The Morgan fingerprint density at radius 2 is 2.47 bits per heavy atom. The molecule has 0 radical (unpaired) electrons. The van der Waals surface area contributed by atoms with Gasteiger partial charge in [-0.3, -0.25) is 4.79 Å². The molecule has 5 nitrogen and oxygen atoms in total. The molecule has 0 aliphatic heterocycles. The van der Waals surface area contributed by atoms with Crippen molar-refractivity contribution < 1.29 is 10.0 Å². The zero-order valence-electron chi connectivity index (χ0n) is 8.14. The number of hydrogen-bond donors (Lipinski definition) is 3. The molecule has 1 heterocycles. The van der Waals surface area contributed by atoms with Crippen LogP contribution in [0.15, 0.2) is 22.7 Å². The molecule has 0 saturated carbocycles. The van der Waals surface area contributed by atoms with E-state index in [2.05, 4.69) is 10.5 Å². The van der Waals surface area contributed by atoms with Crippen LogP contribution in [-0.2, 0) is 0 Å². The first-order chi connectivity index (χ1) is 7.24. The number of carbonyl (C=O) groups is 1. The van der Waals surface area contributed by atoms with E-state index in [9.17, 15) is 4.79 Å². The maximum Gasteiger partial charge on any atom is 0.261 e. The number of nitrogens with zero attached hydrogens (tertiary/aromatic N) is 1. The Morgan fingerprint density at radius 3 is 3.07 bits per heavy atom. The van der Waals surface area contributed by atoms with Gasteiger partial charge in [-0.25, -0.2) is 0 Å². The second kappa shape index (κ2) is 6.02. The fraction of sp³-hybridized carbons (Fsp3) is 0.333. The molecule has 0 spiro atoms. The number of nitrogens with one attached hydrogen (secondary N) is 1. The van der Waals surface area contributed by atoms with Gasteiger partial charge in [0.1, 0.15) is 5.84 Å². The number of hydrogen-bond acceptors (Lipinski definition) is 4. The van der Waals surface area contributed by atoms with Crippen molar-refractivity contribution in [2.75, 3.05) is 6.54 Å². The van der Waals surface area contributed by atoms with Gasteiger partial charge in [-0.2, -0.15) is 0 Å². The highest BCUT2D eigenvalue weighted by atomic mass is 32.1. The predicted molar refractivity (Wildman–Crippen MR) is 59.3 cm³/mol. The minimum Gasteiger partial charge on any atom is -0.409 e. The van der Waals surface area contributed by atoms with E-state index >= 15 is 0 Å². The summed E-state index contributed by atoms with van der Waals surface area (Å²) in [6.07, 6.45) is 1.13. The van der Waals surface area contributed by atoms with Crippen LogP contribution in [-0.4, -0.2) is 23.5 Å². The van der Waals surface area contributed by atoms with Crippen molar-refractivity contribution in [1.29, 1.82) is 0 Å². The van der Waals surface area contributed by atoms with Gasteiger partial charge in [-0.05, 0) is 17.9 Å². The first-order valence-corrected chi connectivity index (χ1v) is 5.40. The van der Waals surface area contributed by atoms with Crippen LogP contribution in [0.25, 0.3) is 0 Å². The summed E-state index contributed by atoms with van der Waals surface area (Å²) in [6, 6.07) is 3.60. The number of thiophene rings is 1. The average molecular weight is 227 g/mol. The van der Waals surface area contributed by atoms with Gasteiger partial charge in [0.05, 0.1) is 4.88 Å². The third kappa shape index (κ3) is 3.99. The fourth-order valence-electron chi connectivity index (χ4n) is 1.02. The Balaban J connectivity index is 2.19. The molecule has 1 rings (SSSR count). The standard InChI is InChI=1S/C9H13N3O2S/c10-8(12-14)4-1-5-11-9(13)7-3-2-6-15-7/h2-3,6,14H,1,4-5H2,(H2,10,12)(H,11,13). The van der Waals surface area contributed by atoms with Gasteiger partial charge < -0.3 is 16.3 Å². The zero-order chi connectivity index (χ0) is 11.1. The Labute approximate surface area is 91.6 Å². The third-order valence-electron chi connectivity index (χ3n) is 1.77. The summed E-state index contributed by atoms with van der Waals surface area (Å²) in [4.78, 5) is 12.1. The molecule has 0 unspecified atom stereocenters. The lowest BCUT2D eigenvalue weighted by atomic mass is 10.3. The molecule has 1 aromatic heterocycles. The Kier molecular flexibility index (Phi) is 4.62. The van der Waals surface area contributed by atoms with Crippen LogP contribution < -0.4 is 11.1 Å². The van der Waals surface area contributed by atoms with Crippen molar-refractivity contribution in [3.63, 3.8) is 0 Å². The van der Waals surface area contributed by atoms with Crippen LogP contribution >= 0.6 is 11.3 Å². The normalized spacial score (nSPS) is 11.3. The van der Waals surface area contributed by atoms with Crippen molar-refractivity contribution in [2.24, 2.45) is 10.9 Å². The highest BCUT2D eigenvalue weighted by molar-refractivity contribution is 7.12. The molecule has 82 valence electrons. The molecule has 4 N–H and O–H groups in total. The monoisotopic (exact) mass is 227 g/mol. The van der Waals surface area contributed by atoms with Crippen LogP contribution in [0.5, 0.6) is 0 Å². The molecular formula is C9H13N3O2S. The highest BCUT2D eigenvalue weighted by Crippen LogP contribution is 2.07. The van der Waals surface area contributed by atoms with Gasteiger partial charge in [0.2, 0.25) is 0 Å². The molecular weight excluding hydrogens is 214 g/mol. The van der Waals surface area contributed by atoms with Crippen molar-refractivity contribution in [1.82, 2.24) is 5.32 Å². The molecule has 0 bridgehead atoms. The van der Waals surface area contributed by atoms with Gasteiger partial charge in [0.25, 0.3) is 5.91 Å². The molecule has 0 atom stereocenters. The summed E-state index contributed by atoms with van der Waals surface area (Å²) in [5.74, 6) is 0.102. The first kappa shape index (κ1) is 11.5. The van der Waals surface area contributed by atoms with Crippen molar-refractivity contribution >= 4 is 23.1 Å². The predicted octanol–water partition coefficient (Wildman–Crippen LogP) is 1.00. The summed E-state index contributed by atoms with van der Waals surface area (Å²) < 4.78 is 0. The van der Waals surface area contributed by atoms with E-state index < -0.39 is 0 Å². The third-order valence-corrected chi connectivity index (χ3v) is 2.64. The Hall–Kier alpha value is -1.56. The minimum atomic E-state index is -0.0792. The molecule has 6 heteroatoms. The fourth-order valence-corrected chi connectivity index (χ4v) is 1.66. The van der Waals surface area contributed by atoms with Crippen LogP contribution in [0.4, 0.5) is 0 Å². The van der Waals surface area contributed by atoms with Gasteiger partial charge in [0.15, 0.2) is 0 Å². The highest BCUT2D eigenvalue weighted by Gasteiger charge is 2.04. The Morgan fingerprint density at radius 1 is 1.67 bits per heavy atom. The summed E-state index contributed by atoms with van der Waals surface area (Å²) >= 11 is 1.40. The van der Waals surface area contributed by atoms with Gasteiger partial charge in [-0.15, -0.1) is 11.3 Å². The lowest BCUT2D eigenvalue weighted by Gasteiger charge is -2.02. The van der Waals surface area contributed by atoms with E-state index in [0.717, 1.165) is 0 Å². The lowest BCUT2D eigenvalue weighted by Crippen LogP contribution is -2.24. The van der Waals surface area contributed by atoms with Gasteiger partial charge in [0, 0.05) is 13.0 Å². The van der Waals surface area contributed by atoms with Gasteiger partial charge >= 0.3 is 0 Å². The minimum absolute atomic E-state index is 0.0792. The largest absolute Gasteiger partial charge is 0.409 e. The lowest BCUT2D eigenvalue weighted by molar-refractivity contribution is 0.0957. The SMILES string of the molecule is NC(CCCNC(=O)c1cccs1)=NO. The van der Waals surface area contributed by atoms with Crippen molar-refractivity contribution in [3.05, 3.63) is 22.4 Å². The second-order valence-electron chi connectivity index (χ2n) is 2.93. The molecule has 15 heavy (non-hydrogen) atoms. The first-order valence-electron chi connectivity index (χ1n) is 4.52. The van der Waals surface area contributed by atoms with E-state index in [1.165, 1.54) is 11.3 Å². The second-order valence-corrected chi connectivity index (χ2v) is 3.88. The molecule has 1 aromatic rings.